The molecule has 1 fully saturated rings. The van der Waals surface area contributed by atoms with E-state index in [1.807, 2.05) is 22.6 Å². The Morgan fingerprint density at radius 3 is 2.65 bits per heavy atom. The third kappa shape index (κ3) is 3.23. The van der Waals surface area contributed by atoms with Crippen molar-refractivity contribution >= 4 is 27.7 Å². The molecule has 1 aliphatic rings. The number of rotatable bonds is 4. The number of carbonyl (C=O) groups excluding carboxylic acids is 2. The third-order valence-electron chi connectivity index (χ3n) is 3.57. The average Bonchev–Trinajstić information content (AvgIpc) is 3.06. The molecule has 1 aliphatic heterocycles. The number of likely N-dealkylation sites (tertiary alicyclic amines) is 1. The maximum absolute atomic E-state index is 12.2. The van der Waals surface area contributed by atoms with Gasteiger partial charge in [-0.05, 0) is 48.7 Å². The van der Waals surface area contributed by atoms with Crippen molar-refractivity contribution in [2.45, 2.75) is 39.3 Å². The minimum Gasteiger partial charge on any atom is -0.343 e. The molecule has 0 aliphatic carbocycles. The van der Waals surface area contributed by atoms with Crippen molar-refractivity contribution in [2.75, 3.05) is 13.1 Å². The Hall–Kier alpha value is -1.30. The molecule has 0 bridgehead atoms. The van der Waals surface area contributed by atoms with Gasteiger partial charge in [0.25, 0.3) is 5.91 Å². The highest BCUT2D eigenvalue weighted by atomic mass is 79.9. The van der Waals surface area contributed by atoms with Gasteiger partial charge in [0.2, 0.25) is 5.91 Å². The Kier molecular flexibility index (Phi) is 4.86. The second kappa shape index (κ2) is 6.43. The molecular weight excluding hydrogens is 322 g/mol. The number of carbonyl (C=O) groups is 2. The van der Waals surface area contributed by atoms with Gasteiger partial charge in [0.15, 0.2) is 0 Å². The Bertz CT molecular complexity index is 507. The fourth-order valence-corrected chi connectivity index (χ4v) is 2.93. The highest BCUT2D eigenvalue weighted by Gasteiger charge is 2.25. The molecule has 5 nitrogen and oxygen atoms in total. The first-order valence-corrected chi connectivity index (χ1v) is 7.77. The van der Waals surface area contributed by atoms with Crippen molar-refractivity contribution in [3.8, 4) is 0 Å². The molecular formula is C14H20BrN3O2. The molecule has 20 heavy (non-hydrogen) atoms. The Balaban J connectivity index is 2.01. The van der Waals surface area contributed by atoms with Crippen molar-refractivity contribution in [3.63, 3.8) is 0 Å². The van der Waals surface area contributed by atoms with E-state index in [4.69, 9.17) is 0 Å². The first kappa shape index (κ1) is 15.1. The maximum atomic E-state index is 12.2. The Morgan fingerprint density at radius 1 is 1.40 bits per heavy atom. The van der Waals surface area contributed by atoms with Crippen molar-refractivity contribution < 1.29 is 9.59 Å². The number of hydrogen-bond acceptors (Lipinski definition) is 2. The summed E-state index contributed by atoms with van der Waals surface area (Å²) in [6.45, 7) is 6.03. The van der Waals surface area contributed by atoms with E-state index in [9.17, 15) is 9.59 Å². The Morgan fingerprint density at radius 2 is 2.05 bits per heavy atom. The lowest BCUT2D eigenvalue weighted by atomic mass is 10.2. The lowest BCUT2D eigenvalue weighted by Crippen LogP contribution is -2.46. The molecule has 2 rings (SSSR count). The molecule has 1 aromatic rings. The lowest BCUT2D eigenvalue weighted by molar-refractivity contribution is -0.131. The molecule has 0 radical (unpaired) electrons. The van der Waals surface area contributed by atoms with Gasteiger partial charge in [-0.1, -0.05) is 0 Å². The zero-order chi connectivity index (χ0) is 14.7. The van der Waals surface area contributed by atoms with Gasteiger partial charge in [-0.25, -0.2) is 0 Å². The summed E-state index contributed by atoms with van der Waals surface area (Å²) in [7, 11) is 0. The third-order valence-corrected chi connectivity index (χ3v) is 4.01. The number of amides is 2. The minimum absolute atomic E-state index is 0.00419. The molecule has 1 N–H and O–H groups in total. The predicted octanol–water partition coefficient (Wildman–Crippen LogP) is 2.01. The highest BCUT2D eigenvalue weighted by molar-refractivity contribution is 9.10. The van der Waals surface area contributed by atoms with Crippen LogP contribution in [-0.4, -0.2) is 40.4 Å². The second-order valence-corrected chi connectivity index (χ2v) is 5.97. The molecule has 2 heterocycles. The first-order chi connectivity index (χ1) is 9.52. The topological polar surface area (TPSA) is 54.3 Å². The summed E-state index contributed by atoms with van der Waals surface area (Å²) < 4.78 is 2.72. The van der Waals surface area contributed by atoms with E-state index in [1.54, 1.807) is 13.0 Å². The van der Waals surface area contributed by atoms with Gasteiger partial charge in [-0.2, -0.15) is 0 Å². The monoisotopic (exact) mass is 341 g/mol. The van der Waals surface area contributed by atoms with Crippen LogP contribution in [-0.2, 0) is 11.3 Å². The molecule has 1 saturated heterocycles. The molecule has 110 valence electrons. The van der Waals surface area contributed by atoms with E-state index in [0.29, 0.717) is 12.2 Å². The van der Waals surface area contributed by atoms with E-state index in [2.05, 4.69) is 21.2 Å². The summed E-state index contributed by atoms with van der Waals surface area (Å²) in [5, 5.41) is 2.79. The highest BCUT2D eigenvalue weighted by Crippen LogP contribution is 2.15. The van der Waals surface area contributed by atoms with Gasteiger partial charge in [0, 0.05) is 30.3 Å². The van der Waals surface area contributed by atoms with Crippen LogP contribution in [0.25, 0.3) is 0 Å². The number of nitrogens with zero attached hydrogens (tertiary/aromatic N) is 2. The maximum Gasteiger partial charge on any atom is 0.268 e. The van der Waals surface area contributed by atoms with Crippen LogP contribution in [0.4, 0.5) is 0 Å². The van der Waals surface area contributed by atoms with Crippen molar-refractivity contribution in [2.24, 2.45) is 0 Å². The molecule has 2 amide bonds. The number of aromatic nitrogens is 1. The van der Waals surface area contributed by atoms with Gasteiger partial charge in [0.1, 0.15) is 11.7 Å². The molecule has 6 heteroatoms. The van der Waals surface area contributed by atoms with Gasteiger partial charge in [-0.15, -0.1) is 0 Å². The van der Waals surface area contributed by atoms with Crippen LogP contribution in [0, 0.1) is 0 Å². The smallest absolute Gasteiger partial charge is 0.268 e. The van der Waals surface area contributed by atoms with Crippen molar-refractivity contribution in [3.05, 3.63) is 22.4 Å². The lowest BCUT2D eigenvalue weighted by Gasteiger charge is -2.21. The summed E-state index contributed by atoms with van der Waals surface area (Å²) >= 11 is 3.37. The summed E-state index contributed by atoms with van der Waals surface area (Å²) in [6.07, 6.45) is 3.97. The van der Waals surface area contributed by atoms with Crippen LogP contribution in [0.1, 0.15) is 37.2 Å². The molecule has 1 unspecified atom stereocenters. The quantitative estimate of drug-likeness (QED) is 0.910. The van der Waals surface area contributed by atoms with Gasteiger partial charge in [0.05, 0.1) is 0 Å². The van der Waals surface area contributed by atoms with Crippen molar-refractivity contribution in [1.82, 2.24) is 14.8 Å². The summed E-state index contributed by atoms with van der Waals surface area (Å²) in [5.74, 6) is -0.206. The zero-order valence-corrected chi connectivity index (χ0v) is 13.4. The van der Waals surface area contributed by atoms with E-state index >= 15 is 0 Å². The number of hydrogen-bond donors (Lipinski definition) is 1. The normalized spacial score (nSPS) is 16.2. The molecule has 0 saturated carbocycles. The van der Waals surface area contributed by atoms with E-state index in [1.165, 1.54) is 0 Å². The van der Waals surface area contributed by atoms with Crippen LogP contribution in [0.3, 0.4) is 0 Å². The van der Waals surface area contributed by atoms with Crippen LogP contribution in [0.15, 0.2) is 16.7 Å². The van der Waals surface area contributed by atoms with Gasteiger partial charge < -0.3 is 14.8 Å². The minimum atomic E-state index is -0.486. The second-order valence-electron chi connectivity index (χ2n) is 5.06. The zero-order valence-electron chi connectivity index (χ0n) is 11.9. The molecule has 1 aromatic heterocycles. The molecule has 0 spiro atoms. The van der Waals surface area contributed by atoms with Crippen LogP contribution < -0.4 is 5.32 Å². The largest absolute Gasteiger partial charge is 0.343 e. The van der Waals surface area contributed by atoms with E-state index in [0.717, 1.165) is 30.4 Å². The number of nitrogens with one attached hydrogen (secondary N) is 1. The fraction of sp³-hybridized carbons (Fsp3) is 0.571. The van der Waals surface area contributed by atoms with Gasteiger partial charge in [-0.3, -0.25) is 9.59 Å². The summed E-state index contributed by atoms with van der Waals surface area (Å²) in [5.41, 5.74) is 0.570. The average molecular weight is 342 g/mol. The SMILES string of the molecule is CCn1cc(Br)cc1C(=O)NC(C)C(=O)N1CCCC1. The molecule has 0 aromatic carbocycles. The summed E-state index contributed by atoms with van der Waals surface area (Å²) in [4.78, 5) is 26.2. The van der Waals surface area contributed by atoms with Crippen molar-refractivity contribution in [1.29, 1.82) is 0 Å². The van der Waals surface area contributed by atoms with Crippen LogP contribution in [0.5, 0.6) is 0 Å². The number of aryl methyl sites for hydroxylation is 1. The van der Waals surface area contributed by atoms with E-state index < -0.39 is 6.04 Å². The first-order valence-electron chi connectivity index (χ1n) is 6.98. The van der Waals surface area contributed by atoms with E-state index in [-0.39, 0.29) is 11.8 Å². The van der Waals surface area contributed by atoms with Crippen LogP contribution >= 0.6 is 15.9 Å². The van der Waals surface area contributed by atoms with Gasteiger partial charge >= 0.3 is 0 Å². The van der Waals surface area contributed by atoms with Crippen LogP contribution in [0.2, 0.25) is 0 Å². The standard InChI is InChI=1S/C14H20BrN3O2/c1-3-17-9-11(15)8-12(17)13(19)16-10(2)14(20)18-6-4-5-7-18/h8-10H,3-7H2,1-2H3,(H,16,19). The summed E-state index contributed by atoms with van der Waals surface area (Å²) in [6, 6.07) is 1.28. The predicted molar refractivity (Wildman–Crippen MR) is 80.5 cm³/mol. The Labute approximate surface area is 127 Å². The fourth-order valence-electron chi connectivity index (χ4n) is 2.47. The molecule has 1 atom stereocenters. The number of halogens is 1.